The van der Waals surface area contributed by atoms with Crippen LogP contribution in [0.25, 0.3) is 0 Å². The molecule has 0 aromatic heterocycles. The van der Waals surface area contributed by atoms with Crippen molar-refractivity contribution in [2.45, 2.75) is 52.0 Å². The van der Waals surface area contributed by atoms with E-state index >= 15 is 0 Å². The molecule has 0 saturated heterocycles. The van der Waals surface area contributed by atoms with Gasteiger partial charge in [0.15, 0.2) is 0 Å². The standard InChI is InChI=1S/C12H25NO3/c1-10(12(15)16)6-5-7-11(2)13-8-3-4-9-14/h10-11,13-14H,3-9H2,1-2H3,(H,15,16). The van der Waals surface area contributed by atoms with Crippen LogP contribution in [0.3, 0.4) is 0 Å². The lowest BCUT2D eigenvalue weighted by Gasteiger charge is -2.14. The van der Waals surface area contributed by atoms with Gasteiger partial charge in [0.2, 0.25) is 0 Å². The summed E-state index contributed by atoms with van der Waals surface area (Å²) in [6.45, 7) is 5.05. The van der Waals surface area contributed by atoms with Crippen molar-refractivity contribution in [3.63, 3.8) is 0 Å². The number of aliphatic carboxylic acids is 1. The second-order valence-electron chi connectivity index (χ2n) is 4.46. The number of nitrogens with one attached hydrogen (secondary N) is 1. The molecule has 0 aromatic carbocycles. The SMILES string of the molecule is CC(CCCC(C)C(=O)O)NCCCCO. The van der Waals surface area contributed by atoms with E-state index < -0.39 is 5.97 Å². The van der Waals surface area contributed by atoms with E-state index in [0.29, 0.717) is 6.04 Å². The van der Waals surface area contributed by atoms with E-state index in [4.69, 9.17) is 10.2 Å². The first kappa shape index (κ1) is 15.4. The van der Waals surface area contributed by atoms with E-state index in [1.54, 1.807) is 6.92 Å². The summed E-state index contributed by atoms with van der Waals surface area (Å²) in [4.78, 5) is 10.6. The number of rotatable bonds is 10. The van der Waals surface area contributed by atoms with Crippen LogP contribution in [-0.4, -0.2) is 35.4 Å². The zero-order valence-corrected chi connectivity index (χ0v) is 10.4. The second kappa shape index (κ2) is 9.60. The highest BCUT2D eigenvalue weighted by Gasteiger charge is 2.10. The van der Waals surface area contributed by atoms with E-state index in [1.165, 1.54) is 0 Å². The molecule has 0 aromatic rings. The number of unbranched alkanes of at least 4 members (excludes halogenated alkanes) is 1. The molecule has 0 amide bonds. The van der Waals surface area contributed by atoms with Crippen molar-refractivity contribution in [3.05, 3.63) is 0 Å². The Balaban J connectivity index is 3.36. The monoisotopic (exact) mass is 231 g/mol. The van der Waals surface area contributed by atoms with Gasteiger partial charge < -0.3 is 15.5 Å². The molecular formula is C12H25NO3. The van der Waals surface area contributed by atoms with Crippen LogP contribution in [0.1, 0.15) is 46.0 Å². The highest BCUT2D eigenvalue weighted by molar-refractivity contribution is 5.69. The molecule has 4 nitrogen and oxygen atoms in total. The Labute approximate surface area is 98.1 Å². The van der Waals surface area contributed by atoms with Crippen molar-refractivity contribution in [1.82, 2.24) is 5.32 Å². The van der Waals surface area contributed by atoms with Crippen molar-refractivity contribution < 1.29 is 15.0 Å². The van der Waals surface area contributed by atoms with Crippen molar-refractivity contribution in [2.75, 3.05) is 13.2 Å². The van der Waals surface area contributed by atoms with Crippen molar-refractivity contribution in [2.24, 2.45) is 5.92 Å². The van der Waals surface area contributed by atoms with Gasteiger partial charge in [0.05, 0.1) is 5.92 Å². The number of hydrogen-bond acceptors (Lipinski definition) is 3. The van der Waals surface area contributed by atoms with Gasteiger partial charge in [-0.1, -0.05) is 13.3 Å². The van der Waals surface area contributed by atoms with Crippen LogP contribution >= 0.6 is 0 Å². The van der Waals surface area contributed by atoms with Crippen LogP contribution in [0.2, 0.25) is 0 Å². The summed E-state index contributed by atoms with van der Waals surface area (Å²) >= 11 is 0. The number of aliphatic hydroxyl groups is 1. The molecule has 0 radical (unpaired) electrons. The number of carbonyl (C=O) groups is 1. The summed E-state index contributed by atoms with van der Waals surface area (Å²) in [5.41, 5.74) is 0. The van der Waals surface area contributed by atoms with E-state index in [0.717, 1.165) is 38.6 Å². The summed E-state index contributed by atoms with van der Waals surface area (Å²) in [7, 11) is 0. The summed E-state index contributed by atoms with van der Waals surface area (Å²) in [6, 6.07) is 0.430. The third kappa shape index (κ3) is 8.68. The van der Waals surface area contributed by atoms with Gasteiger partial charge in [-0.05, 0) is 39.2 Å². The fraction of sp³-hybridized carbons (Fsp3) is 0.917. The first-order chi connectivity index (χ1) is 7.57. The molecular weight excluding hydrogens is 206 g/mol. The van der Waals surface area contributed by atoms with Crippen LogP contribution in [0, 0.1) is 5.92 Å². The molecule has 96 valence electrons. The maximum absolute atomic E-state index is 10.6. The summed E-state index contributed by atoms with van der Waals surface area (Å²) in [5.74, 6) is -0.940. The van der Waals surface area contributed by atoms with Gasteiger partial charge >= 0.3 is 5.97 Å². The molecule has 0 heterocycles. The molecule has 0 aliphatic rings. The van der Waals surface area contributed by atoms with Crippen molar-refractivity contribution in [3.8, 4) is 0 Å². The summed E-state index contributed by atoms with van der Waals surface area (Å²) < 4.78 is 0. The molecule has 0 rings (SSSR count). The lowest BCUT2D eigenvalue weighted by Crippen LogP contribution is -2.27. The maximum Gasteiger partial charge on any atom is 0.306 e. The van der Waals surface area contributed by atoms with Crippen LogP contribution in [0.5, 0.6) is 0 Å². The molecule has 2 atom stereocenters. The quantitative estimate of drug-likeness (QED) is 0.500. The molecule has 0 saturated carbocycles. The fourth-order valence-corrected chi connectivity index (χ4v) is 1.54. The van der Waals surface area contributed by atoms with E-state index in [2.05, 4.69) is 12.2 Å². The molecule has 16 heavy (non-hydrogen) atoms. The van der Waals surface area contributed by atoms with Gasteiger partial charge in [0.1, 0.15) is 0 Å². The fourth-order valence-electron chi connectivity index (χ4n) is 1.54. The Morgan fingerprint density at radius 2 is 1.88 bits per heavy atom. The molecule has 0 aliphatic heterocycles. The van der Waals surface area contributed by atoms with E-state index in [9.17, 15) is 4.79 Å². The minimum Gasteiger partial charge on any atom is -0.481 e. The first-order valence-electron chi connectivity index (χ1n) is 6.15. The Morgan fingerprint density at radius 3 is 2.44 bits per heavy atom. The molecule has 3 N–H and O–H groups in total. The van der Waals surface area contributed by atoms with Crippen LogP contribution in [0.4, 0.5) is 0 Å². The minimum absolute atomic E-state index is 0.235. The average molecular weight is 231 g/mol. The van der Waals surface area contributed by atoms with Gasteiger partial charge in [-0.15, -0.1) is 0 Å². The highest BCUT2D eigenvalue weighted by Crippen LogP contribution is 2.09. The molecule has 0 fully saturated rings. The topological polar surface area (TPSA) is 69.6 Å². The van der Waals surface area contributed by atoms with Gasteiger partial charge in [-0.25, -0.2) is 0 Å². The lowest BCUT2D eigenvalue weighted by molar-refractivity contribution is -0.141. The van der Waals surface area contributed by atoms with Gasteiger partial charge in [-0.2, -0.15) is 0 Å². The normalized spacial score (nSPS) is 14.7. The Hall–Kier alpha value is -0.610. The summed E-state index contributed by atoms with van der Waals surface area (Å²) in [6.07, 6.45) is 4.54. The van der Waals surface area contributed by atoms with Crippen LogP contribution < -0.4 is 5.32 Å². The van der Waals surface area contributed by atoms with Crippen LogP contribution in [-0.2, 0) is 4.79 Å². The number of aliphatic hydroxyl groups excluding tert-OH is 1. The molecule has 2 unspecified atom stereocenters. The first-order valence-corrected chi connectivity index (χ1v) is 6.15. The average Bonchev–Trinajstić information content (AvgIpc) is 2.24. The predicted octanol–water partition coefficient (Wildman–Crippen LogP) is 1.63. The minimum atomic E-state index is -0.705. The molecule has 0 bridgehead atoms. The highest BCUT2D eigenvalue weighted by atomic mass is 16.4. The number of carboxylic acid groups (broad SMARTS) is 1. The van der Waals surface area contributed by atoms with E-state index in [1.807, 2.05) is 0 Å². The van der Waals surface area contributed by atoms with Crippen molar-refractivity contribution >= 4 is 5.97 Å². The number of carboxylic acids is 1. The largest absolute Gasteiger partial charge is 0.481 e. The Bertz CT molecular complexity index is 185. The van der Waals surface area contributed by atoms with Gasteiger partial charge in [0.25, 0.3) is 0 Å². The zero-order valence-electron chi connectivity index (χ0n) is 10.4. The molecule has 0 aliphatic carbocycles. The summed E-state index contributed by atoms with van der Waals surface area (Å²) in [5, 5.41) is 20.7. The maximum atomic E-state index is 10.6. The van der Waals surface area contributed by atoms with Gasteiger partial charge in [0, 0.05) is 12.6 Å². The zero-order chi connectivity index (χ0) is 12.4. The predicted molar refractivity (Wildman–Crippen MR) is 64.4 cm³/mol. The third-order valence-corrected chi connectivity index (χ3v) is 2.77. The van der Waals surface area contributed by atoms with E-state index in [-0.39, 0.29) is 12.5 Å². The van der Waals surface area contributed by atoms with Crippen LogP contribution in [0.15, 0.2) is 0 Å². The van der Waals surface area contributed by atoms with Crippen molar-refractivity contribution in [1.29, 1.82) is 0 Å². The number of hydrogen-bond donors (Lipinski definition) is 3. The third-order valence-electron chi connectivity index (χ3n) is 2.77. The second-order valence-corrected chi connectivity index (χ2v) is 4.46. The molecule has 4 heteroatoms. The van der Waals surface area contributed by atoms with Gasteiger partial charge in [-0.3, -0.25) is 4.79 Å². The lowest BCUT2D eigenvalue weighted by atomic mass is 10.0. The Kier molecular flexibility index (Phi) is 9.24. The Morgan fingerprint density at radius 1 is 1.19 bits per heavy atom. The molecule has 0 spiro atoms. The smallest absolute Gasteiger partial charge is 0.306 e.